The van der Waals surface area contributed by atoms with E-state index in [0.717, 1.165) is 38.2 Å². The number of nitrogens with one attached hydrogen (secondary N) is 1. The standard InChI is InChI=1S/C17H22ClN3/c1-13(2)5-8-21-9-6-16(7-10-21)20-17-11-15(18)4-3-14(17)12-19/h3-5,11,16,20H,6-10H2,1-2H3. The summed E-state index contributed by atoms with van der Waals surface area (Å²) in [6.45, 7) is 7.48. The molecule has 1 saturated heterocycles. The first-order chi connectivity index (χ1) is 10.1. The Morgan fingerprint density at radius 2 is 2.14 bits per heavy atom. The minimum atomic E-state index is 0.415. The molecule has 3 nitrogen and oxygen atoms in total. The summed E-state index contributed by atoms with van der Waals surface area (Å²) in [6, 6.07) is 8.00. The highest BCUT2D eigenvalue weighted by atomic mass is 35.5. The van der Waals surface area contributed by atoms with Gasteiger partial charge in [-0.05, 0) is 44.9 Å². The molecule has 1 aromatic carbocycles. The highest BCUT2D eigenvalue weighted by Gasteiger charge is 2.19. The first-order valence-corrected chi connectivity index (χ1v) is 7.78. The number of nitrogens with zero attached hydrogens (tertiary/aromatic N) is 2. The average molecular weight is 304 g/mol. The molecule has 0 radical (unpaired) electrons. The topological polar surface area (TPSA) is 39.1 Å². The number of nitriles is 1. The Bertz CT molecular complexity index is 548. The molecule has 1 aromatic rings. The van der Waals surface area contributed by atoms with Crippen LogP contribution in [0.5, 0.6) is 0 Å². The van der Waals surface area contributed by atoms with Crippen LogP contribution in [0.2, 0.25) is 5.02 Å². The van der Waals surface area contributed by atoms with Crippen molar-refractivity contribution in [3.8, 4) is 6.07 Å². The van der Waals surface area contributed by atoms with E-state index in [-0.39, 0.29) is 0 Å². The van der Waals surface area contributed by atoms with Crippen LogP contribution in [0.25, 0.3) is 0 Å². The molecule has 112 valence electrons. The lowest BCUT2D eigenvalue weighted by Gasteiger charge is -2.32. The third-order valence-corrected chi connectivity index (χ3v) is 4.04. The molecule has 0 saturated carbocycles. The van der Waals surface area contributed by atoms with E-state index in [1.54, 1.807) is 12.1 Å². The van der Waals surface area contributed by atoms with Gasteiger partial charge in [0, 0.05) is 30.7 Å². The Labute approximate surface area is 132 Å². The van der Waals surface area contributed by atoms with E-state index >= 15 is 0 Å². The lowest BCUT2D eigenvalue weighted by Crippen LogP contribution is -2.39. The van der Waals surface area contributed by atoms with Gasteiger partial charge in [-0.2, -0.15) is 5.26 Å². The first kappa shape index (κ1) is 15.9. The zero-order valence-electron chi connectivity index (χ0n) is 12.7. The van der Waals surface area contributed by atoms with Gasteiger partial charge in [0.2, 0.25) is 0 Å². The van der Waals surface area contributed by atoms with Crippen LogP contribution in [-0.4, -0.2) is 30.6 Å². The summed E-state index contributed by atoms with van der Waals surface area (Å²) in [6.07, 6.45) is 4.46. The zero-order valence-corrected chi connectivity index (χ0v) is 13.5. The van der Waals surface area contributed by atoms with Gasteiger partial charge in [0.1, 0.15) is 6.07 Å². The zero-order chi connectivity index (χ0) is 15.2. The van der Waals surface area contributed by atoms with Crippen molar-refractivity contribution in [2.75, 3.05) is 25.0 Å². The summed E-state index contributed by atoms with van der Waals surface area (Å²) in [5.74, 6) is 0. The third kappa shape index (κ3) is 4.77. The SMILES string of the molecule is CC(C)=CCN1CCC(Nc2cc(Cl)ccc2C#N)CC1. The quantitative estimate of drug-likeness (QED) is 0.853. The van der Waals surface area contributed by atoms with Gasteiger partial charge < -0.3 is 5.32 Å². The maximum Gasteiger partial charge on any atom is 0.101 e. The summed E-state index contributed by atoms with van der Waals surface area (Å²) in [4.78, 5) is 2.47. The highest BCUT2D eigenvalue weighted by molar-refractivity contribution is 6.30. The van der Waals surface area contributed by atoms with Crippen molar-refractivity contribution < 1.29 is 0 Å². The molecule has 0 spiro atoms. The molecule has 0 amide bonds. The van der Waals surface area contributed by atoms with Gasteiger partial charge in [0.25, 0.3) is 0 Å². The van der Waals surface area contributed by atoms with Crippen molar-refractivity contribution in [3.05, 3.63) is 40.4 Å². The van der Waals surface area contributed by atoms with Crippen LogP contribution >= 0.6 is 11.6 Å². The van der Waals surface area contributed by atoms with Crippen LogP contribution < -0.4 is 5.32 Å². The number of piperidine rings is 1. The molecule has 1 fully saturated rings. The van der Waals surface area contributed by atoms with Crippen molar-refractivity contribution in [1.82, 2.24) is 4.90 Å². The molecule has 0 aromatic heterocycles. The molecule has 21 heavy (non-hydrogen) atoms. The summed E-state index contributed by atoms with van der Waals surface area (Å²) in [5, 5.41) is 13.3. The third-order valence-electron chi connectivity index (χ3n) is 3.81. The number of allylic oxidation sites excluding steroid dienone is 1. The van der Waals surface area contributed by atoms with Gasteiger partial charge in [0.05, 0.1) is 11.3 Å². The number of anilines is 1. The molecule has 1 N–H and O–H groups in total. The van der Waals surface area contributed by atoms with Crippen LogP contribution in [0.1, 0.15) is 32.3 Å². The molecule has 0 atom stereocenters. The van der Waals surface area contributed by atoms with E-state index in [1.165, 1.54) is 5.57 Å². The molecular formula is C17H22ClN3. The predicted octanol–water partition coefficient (Wildman–Crippen LogP) is 4.05. The van der Waals surface area contributed by atoms with E-state index in [4.69, 9.17) is 16.9 Å². The average Bonchev–Trinajstić information content (AvgIpc) is 2.47. The second kappa shape index (κ2) is 7.49. The van der Waals surface area contributed by atoms with Crippen molar-refractivity contribution >= 4 is 17.3 Å². The van der Waals surface area contributed by atoms with Gasteiger partial charge in [-0.3, -0.25) is 4.90 Å². The number of halogens is 1. The van der Waals surface area contributed by atoms with Crippen LogP contribution in [0.3, 0.4) is 0 Å². The molecular weight excluding hydrogens is 282 g/mol. The lowest BCUT2D eigenvalue weighted by molar-refractivity contribution is 0.240. The summed E-state index contributed by atoms with van der Waals surface area (Å²) >= 11 is 6.02. The predicted molar refractivity (Wildman–Crippen MR) is 88.7 cm³/mol. The van der Waals surface area contributed by atoms with Gasteiger partial charge in [-0.15, -0.1) is 0 Å². The van der Waals surface area contributed by atoms with E-state index in [9.17, 15) is 0 Å². The maximum absolute atomic E-state index is 9.16. The Kier molecular flexibility index (Phi) is 5.67. The highest BCUT2D eigenvalue weighted by Crippen LogP contribution is 2.23. The lowest BCUT2D eigenvalue weighted by atomic mass is 10.0. The van der Waals surface area contributed by atoms with Crippen LogP contribution in [0.15, 0.2) is 29.8 Å². The van der Waals surface area contributed by atoms with Crippen LogP contribution in [0, 0.1) is 11.3 Å². The second-order valence-electron chi connectivity index (χ2n) is 5.80. The van der Waals surface area contributed by atoms with E-state index in [2.05, 4.69) is 36.2 Å². The van der Waals surface area contributed by atoms with Crippen LogP contribution in [-0.2, 0) is 0 Å². The second-order valence-corrected chi connectivity index (χ2v) is 6.24. The number of hydrogen-bond acceptors (Lipinski definition) is 3. The van der Waals surface area contributed by atoms with Crippen molar-refractivity contribution in [2.24, 2.45) is 0 Å². The molecule has 0 unspecified atom stereocenters. The molecule has 1 aliphatic heterocycles. The molecule has 4 heteroatoms. The number of benzene rings is 1. The molecule has 1 aliphatic rings. The fourth-order valence-electron chi connectivity index (χ4n) is 2.52. The molecule has 0 aliphatic carbocycles. The van der Waals surface area contributed by atoms with Gasteiger partial charge >= 0.3 is 0 Å². The van der Waals surface area contributed by atoms with Gasteiger partial charge in [-0.1, -0.05) is 23.3 Å². The molecule has 1 heterocycles. The number of likely N-dealkylation sites (tertiary alicyclic amines) is 1. The van der Waals surface area contributed by atoms with Crippen molar-refractivity contribution in [3.63, 3.8) is 0 Å². The fraction of sp³-hybridized carbons (Fsp3) is 0.471. The van der Waals surface area contributed by atoms with Gasteiger partial charge in [0.15, 0.2) is 0 Å². The Hall–Kier alpha value is -1.50. The normalized spacial score (nSPS) is 16.3. The van der Waals surface area contributed by atoms with E-state index in [1.807, 2.05) is 6.07 Å². The largest absolute Gasteiger partial charge is 0.381 e. The minimum Gasteiger partial charge on any atom is -0.381 e. The maximum atomic E-state index is 9.16. The molecule has 0 bridgehead atoms. The molecule has 2 rings (SSSR count). The van der Waals surface area contributed by atoms with Crippen molar-refractivity contribution in [1.29, 1.82) is 5.26 Å². The monoisotopic (exact) mass is 303 g/mol. The minimum absolute atomic E-state index is 0.415. The summed E-state index contributed by atoms with van der Waals surface area (Å²) < 4.78 is 0. The van der Waals surface area contributed by atoms with Gasteiger partial charge in [-0.25, -0.2) is 0 Å². The smallest absolute Gasteiger partial charge is 0.101 e. The Balaban J connectivity index is 1.91. The van der Waals surface area contributed by atoms with Crippen LogP contribution in [0.4, 0.5) is 5.69 Å². The first-order valence-electron chi connectivity index (χ1n) is 7.40. The van der Waals surface area contributed by atoms with Crippen molar-refractivity contribution in [2.45, 2.75) is 32.7 Å². The van der Waals surface area contributed by atoms with E-state index < -0.39 is 0 Å². The Morgan fingerprint density at radius 3 is 2.76 bits per heavy atom. The summed E-state index contributed by atoms with van der Waals surface area (Å²) in [5.41, 5.74) is 2.88. The number of rotatable bonds is 4. The fourth-order valence-corrected chi connectivity index (χ4v) is 2.70. The van der Waals surface area contributed by atoms with E-state index in [0.29, 0.717) is 16.6 Å². The number of hydrogen-bond donors (Lipinski definition) is 1. The Morgan fingerprint density at radius 1 is 1.43 bits per heavy atom. The summed E-state index contributed by atoms with van der Waals surface area (Å²) in [7, 11) is 0.